The number of hydrogen-bond donors (Lipinski definition) is 2. The molecule has 0 aromatic heterocycles. The smallest absolute Gasteiger partial charge is 0.255 e. The maximum Gasteiger partial charge on any atom is 0.255 e. The molecule has 0 atom stereocenters. The van der Waals surface area contributed by atoms with Crippen LogP contribution in [-0.2, 0) is 11.3 Å². The highest BCUT2D eigenvalue weighted by Gasteiger charge is 2.08. The Hall–Kier alpha value is -1.55. The molecule has 1 rings (SSSR count). The van der Waals surface area contributed by atoms with E-state index in [2.05, 4.69) is 26.1 Å². The predicted molar refractivity (Wildman–Crippen MR) is 67.7 cm³/mol. The second-order valence-electron chi connectivity index (χ2n) is 5.01. The highest BCUT2D eigenvalue weighted by Crippen LogP contribution is 2.14. The topological polar surface area (TPSA) is 64.3 Å². The summed E-state index contributed by atoms with van der Waals surface area (Å²) in [6.07, 6.45) is 0. The first kappa shape index (κ1) is 13.5. The molecule has 4 nitrogen and oxygen atoms in total. The van der Waals surface area contributed by atoms with Crippen molar-refractivity contribution in [2.45, 2.75) is 32.9 Å². The van der Waals surface area contributed by atoms with Gasteiger partial charge in [-0.3, -0.25) is 4.79 Å². The maximum atomic E-state index is 10.6. The van der Waals surface area contributed by atoms with Crippen molar-refractivity contribution in [1.29, 1.82) is 0 Å². The van der Waals surface area contributed by atoms with Crippen LogP contribution < -0.4 is 15.8 Å². The average molecular weight is 236 g/mol. The van der Waals surface area contributed by atoms with Gasteiger partial charge in [0.05, 0.1) is 0 Å². The van der Waals surface area contributed by atoms with Crippen LogP contribution in [0.4, 0.5) is 0 Å². The molecule has 1 amide bonds. The predicted octanol–water partition coefficient (Wildman–Crippen LogP) is 1.44. The number of hydrogen-bond acceptors (Lipinski definition) is 3. The van der Waals surface area contributed by atoms with Crippen LogP contribution in [-0.4, -0.2) is 18.1 Å². The van der Waals surface area contributed by atoms with Gasteiger partial charge >= 0.3 is 0 Å². The highest BCUT2D eigenvalue weighted by molar-refractivity contribution is 5.75. The number of carbonyl (C=O) groups excluding carboxylic acids is 1. The van der Waals surface area contributed by atoms with E-state index < -0.39 is 5.91 Å². The van der Waals surface area contributed by atoms with Gasteiger partial charge in [-0.25, -0.2) is 0 Å². The first-order valence-electron chi connectivity index (χ1n) is 5.62. The Morgan fingerprint density at radius 2 is 2.12 bits per heavy atom. The molecule has 0 fully saturated rings. The number of rotatable bonds is 5. The number of amides is 1. The maximum absolute atomic E-state index is 10.6. The summed E-state index contributed by atoms with van der Waals surface area (Å²) in [5.41, 5.74) is 6.20. The second-order valence-corrected chi connectivity index (χ2v) is 5.01. The van der Waals surface area contributed by atoms with Crippen molar-refractivity contribution in [1.82, 2.24) is 5.32 Å². The number of carbonyl (C=O) groups is 1. The third kappa shape index (κ3) is 5.92. The lowest BCUT2D eigenvalue weighted by molar-refractivity contribution is -0.119. The van der Waals surface area contributed by atoms with E-state index in [1.165, 1.54) is 0 Å². The van der Waals surface area contributed by atoms with Crippen LogP contribution >= 0.6 is 0 Å². The molecule has 94 valence electrons. The largest absolute Gasteiger partial charge is 0.484 e. The van der Waals surface area contributed by atoms with Crippen LogP contribution in [0.3, 0.4) is 0 Å². The first-order chi connectivity index (χ1) is 7.87. The number of nitrogens with one attached hydrogen (secondary N) is 1. The summed E-state index contributed by atoms with van der Waals surface area (Å²) in [6.45, 7) is 7.01. The Balaban J connectivity index is 2.56. The summed E-state index contributed by atoms with van der Waals surface area (Å²) < 4.78 is 5.24. The molecule has 0 bridgehead atoms. The van der Waals surface area contributed by atoms with Gasteiger partial charge in [-0.2, -0.15) is 0 Å². The third-order valence-corrected chi connectivity index (χ3v) is 2.10. The molecular weight excluding hydrogens is 216 g/mol. The van der Waals surface area contributed by atoms with E-state index in [0.29, 0.717) is 5.75 Å². The van der Waals surface area contributed by atoms with Crippen LogP contribution in [0, 0.1) is 0 Å². The molecule has 1 aromatic rings. The molecule has 0 spiro atoms. The lowest BCUT2D eigenvalue weighted by atomic mass is 10.1. The number of primary amides is 1. The Morgan fingerprint density at radius 3 is 2.71 bits per heavy atom. The minimum atomic E-state index is -0.469. The fourth-order valence-corrected chi connectivity index (χ4v) is 1.27. The lowest BCUT2D eigenvalue weighted by Gasteiger charge is -2.20. The lowest BCUT2D eigenvalue weighted by Crippen LogP contribution is -2.35. The standard InChI is InChI=1S/C13H20N2O2/c1-13(2,3)15-8-10-5-4-6-11(7-10)17-9-12(14)16/h4-7,15H,8-9H2,1-3H3,(H2,14,16). The van der Waals surface area contributed by atoms with Crippen molar-refractivity contribution in [2.24, 2.45) is 5.73 Å². The normalized spacial score (nSPS) is 11.2. The quantitative estimate of drug-likeness (QED) is 0.813. The Kier molecular flexibility index (Phi) is 4.52. The molecule has 0 aliphatic carbocycles. The van der Waals surface area contributed by atoms with Gasteiger partial charge in [0.1, 0.15) is 5.75 Å². The molecule has 4 heteroatoms. The van der Waals surface area contributed by atoms with Crippen LogP contribution in [0.1, 0.15) is 26.3 Å². The minimum Gasteiger partial charge on any atom is -0.484 e. The summed E-state index contributed by atoms with van der Waals surface area (Å²) >= 11 is 0. The van der Waals surface area contributed by atoms with Crippen LogP contribution in [0.25, 0.3) is 0 Å². The van der Waals surface area contributed by atoms with E-state index in [4.69, 9.17) is 10.5 Å². The van der Waals surface area contributed by atoms with Gasteiger partial charge in [-0.05, 0) is 38.5 Å². The highest BCUT2D eigenvalue weighted by atomic mass is 16.5. The van der Waals surface area contributed by atoms with E-state index in [9.17, 15) is 4.79 Å². The molecule has 0 radical (unpaired) electrons. The number of ether oxygens (including phenoxy) is 1. The monoisotopic (exact) mass is 236 g/mol. The SMILES string of the molecule is CC(C)(C)NCc1cccc(OCC(N)=O)c1. The van der Waals surface area contributed by atoms with E-state index in [0.717, 1.165) is 12.1 Å². The van der Waals surface area contributed by atoms with E-state index in [1.54, 1.807) is 0 Å². The van der Waals surface area contributed by atoms with Crippen molar-refractivity contribution in [2.75, 3.05) is 6.61 Å². The van der Waals surface area contributed by atoms with Crippen molar-refractivity contribution in [3.8, 4) is 5.75 Å². The van der Waals surface area contributed by atoms with Crippen LogP contribution in [0.2, 0.25) is 0 Å². The summed E-state index contributed by atoms with van der Waals surface area (Å²) in [5.74, 6) is 0.195. The number of nitrogens with two attached hydrogens (primary N) is 1. The van der Waals surface area contributed by atoms with Gasteiger partial charge in [-0.15, -0.1) is 0 Å². The average Bonchev–Trinajstić information content (AvgIpc) is 2.23. The fraction of sp³-hybridized carbons (Fsp3) is 0.462. The van der Waals surface area contributed by atoms with Crippen molar-refractivity contribution < 1.29 is 9.53 Å². The van der Waals surface area contributed by atoms with Crippen molar-refractivity contribution >= 4 is 5.91 Å². The van der Waals surface area contributed by atoms with E-state index >= 15 is 0 Å². The van der Waals surface area contributed by atoms with Gasteiger partial charge in [0, 0.05) is 12.1 Å². The molecule has 3 N–H and O–H groups in total. The molecule has 0 unspecified atom stereocenters. The molecule has 0 aliphatic heterocycles. The van der Waals surface area contributed by atoms with E-state index in [-0.39, 0.29) is 12.1 Å². The molecule has 1 aromatic carbocycles. The molecule has 0 heterocycles. The molecule has 17 heavy (non-hydrogen) atoms. The second kappa shape index (κ2) is 5.68. The fourth-order valence-electron chi connectivity index (χ4n) is 1.27. The van der Waals surface area contributed by atoms with Gasteiger partial charge in [0.15, 0.2) is 6.61 Å². The molecule has 0 aliphatic rings. The van der Waals surface area contributed by atoms with Crippen molar-refractivity contribution in [3.63, 3.8) is 0 Å². The van der Waals surface area contributed by atoms with E-state index in [1.807, 2.05) is 24.3 Å². The molecule has 0 saturated carbocycles. The summed E-state index contributed by atoms with van der Waals surface area (Å²) in [7, 11) is 0. The summed E-state index contributed by atoms with van der Waals surface area (Å²) in [6, 6.07) is 7.62. The van der Waals surface area contributed by atoms with Gasteiger partial charge in [-0.1, -0.05) is 12.1 Å². The van der Waals surface area contributed by atoms with Crippen LogP contribution in [0.5, 0.6) is 5.75 Å². The van der Waals surface area contributed by atoms with Crippen molar-refractivity contribution in [3.05, 3.63) is 29.8 Å². The zero-order valence-corrected chi connectivity index (χ0v) is 10.6. The Morgan fingerprint density at radius 1 is 1.41 bits per heavy atom. The summed E-state index contributed by atoms with van der Waals surface area (Å²) in [5, 5.41) is 3.38. The van der Waals surface area contributed by atoms with Gasteiger partial charge in [0.2, 0.25) is 0 Å². The zero-order chi connectivity index (χ0) is 12.9. The van der Waals surface area contributed by atoms with Gasteiger partial charge in [0.25, 0.3) is 5.91 Å². The van der Waals surface area contributed by atoms with Crippen LogP contribution in [0.15, 0.2) is 24.3 Å². The molecular formula is C13H20N2O2. The minimum absolute atomic E-state index is 0.0735. The summed E-state index contributed by atoms with van der Waals surface area (Å²) in [4.78, 5) is 10.6. The Bertz CT molecular complexity index is 383. The van der Waals surface area contributed by atoms with Gasteiger partial charge < -0.3 is 15.8 Å². The first-order valence-corrected chi connectivity index (χ1v) is 5.62. The Labute approximate surface area is 102 Å². The number of benzene rings is 1. The zero-order valence-electron chi connectivity index (χ0n) is 10.6. The molecule has 0 saturated heterocycles. The third-order valence-electron chi connectivity index (χ3n) is 2.10.